The summed E-state index contributed by atoms with van der Waals surface area (Å²) in [6.07, 6.45) is 0. The molecule has 0 aromatic heterocycles. The lowest BCUT2D eigenvalue weighted by atomic mass is 10.2. The lowest BCUT2D eigenvalue weighted by Gasteiger charge is -2.10. The van der Waals surface area contributed by atoms with Crippen LogP contribution in [0.3, 0.4) is 0 Å². The minimum atomic E-state index is -2.06. The highest BCUT2D eigenvalue weighted by molar-refractivity contribution is 6.36. The van der Waals surface area contributed by atoms with Gasteiger partial charge in [0.05, 0.1) is 0 Å². The van der Waals surface area contributed by atoms with Gasteiger partial charge >= 0.3 is 7.32 Å². The van der Waals surface area contributed by atoms with Gasteiger partial charge in [-0.25, -0.2) is 18.4 Å². The summed E-state index contributed by atoms with van der Waals surface area (Å²) in [7, 11) is -2.06. The average Bonchev–Trinajstić information content (AvgIpc) is 2.17. The predicted molar refractivity (Wildman–Crippen MR) is 41.8 cm³/mol. The third-order valence-electron chi connectivity index (χ3n) is 1.37. The van der Waals surface area contributed by atoms with Gasteiger partial charge in [-0.1, -0.05) is 0 Å². The van der Waals surface area contributed by atoms with Gasteiger partial charge < -0.3 is 9.76 Å². The Morgan fingerprint density at radius 2 is 1.73 bits per heavy atom. The van der Waals surface area contributed by atoms with Gasteiger partial charge in [-0.15, -0.1) is 0 Å². The fourth-order valence-electron chi connectivity index (χ4n) is 0.822. The maximum Gasteiger partial charge on any atom is 0.770 e. The molecule has 1 aromatic rings. The molecule has 0 aliphatic carbocycles. The summed E-state index contributed by atoms with van der Waals surface area (Å²) in [5, 5.41) is 25.1. The van der Waals surface area contributed by atoms with E-state index in [9.17, 15) is 8.78 Å². The van der Waals surface area contributed by atoms with Gasteiger partial charge in [0, 0.05) is 12.1 Å². The van der Waals surface area contributed by atoms with Gasteiger partial charge in [-0.05, 0) is 0 Å². The van der Waals surface area contributed by atoms with Crippen LogP contribution in [0.25, 0.3) is 0 Å². The Morgan fingerprint density at radius 1 is 1.13 bits per heavy atom. The SMILES string of the molecule is OOB(OO)Oc1c(O)cc(F)cc1F. The van der Waals surface area contributed by atoms with Crippen LogP contribution in [-0.2, 0) is 9.61 Å². The second-order valence-corrected chi connectivity index (χ2v) is 2.35. The van der Waals surface area contributed by atoms with Crippen LogP contribution in [0.2, 0.25) is 0 Å². The Bertz CT molecular complexity index is 321. The zero-order chi connectivity index (χ0) is 11.4. The summed E-state index contributed by atoms with van der Waals surface area (Å²) in [5.74, 6) is -4.01. The quantitative estimate of drug-likeness (QED) is 0.400. The van der Waals surface area contributed by atoms with Gasteiger partial charge in [0.1, 0.15) is 5.82 Å². The predicted octanol–water partition coefficient (Wildman–Crippen LogP) is 1.01. The van der Waals surface area contributed by atoms with E-state index in [1.165, 1.54) is 0 Å². The Labute approximate surface area is 82.3 Å². The van der Waals surface area contributed by atoms with Gasteiger partial charge in [-0.2, -0.15) is 0 Å². The molecule has 0 amide bonds. The van der Waals surface area contributed by atoms with Crippen molar-refractivity contribution in [3.63, 3.8) is 0 Å². The Morgan fingerprint density at radius 3 is 2.20 bits per heavy atom. The molecule has 0 unspecified atom stereocenters. The highest BCUT2D eigenvalue weighted by atomic mass is 19.1. The number of aromatic hydroxyl groups is 1. The Hall–Kier alpha value is -1.42. The monoisotopic (exact) mass is 222 g/mol. The number of hydrogen-bond donors (Lipinski definition) is 3. The average molecular weight is 222 g/mol. The van der Waals surface area contributed by atoms with Crippen molar-refractivity contribution < 1.29 is 38.7 Å². The van der Waals surface area contributed by atoms with E-state index in [4.69, 9.17) is 15.6 Å². The second kappa shape index (κ2) is 4.89. The molecule has 0 spiro atoms. The topological polar surface area (TPSA) is 88.4 Å². The molecule has 9 heteroatoms. The van der Waals surface area contributed by atoms with Crippen LogP contribution in [0.1, 0.15) is 0 Å². The van der Waals surface area contributed by atoms with Crippen molar-refractivity contribution in [3.05, 3.63) is 23.8 Å². The van der Waals surface area contributed by atoms with E-state index in [2.05, 4.69) is 14.3 Å². The van der Waals surface area contributed by atoms with Gasteiger partial charge in [0.25, 0.3) is 0 Å². The van der Waals surface area contributed by atoms with E-state index in [1.54, 1.807) is 0 Å². The number of phenols is 1. The normalized spacial score (nSPS) is 10.1. The van der Waals surface area contributed by atoms with Crippen LogP contribution < -0.4 is 4.65 Å². The largest absolute Gasteiger partial charge is 0.770 e. The van der Waals surface area contributed by atoms with E-state index >= 15 is 0 Å². The molecule has 0 bridgehead atoms. The number of rotatable bonds is 4. The lowest BCUT2D eigenvalue weighted by molar-refractivity contribution is -0.242. The molecule has 0 fully saturated rings. The summed E-state index contributed by atoms with van der Waals surface area (Å²) in [4.78, 5) is 6.76. The van der Waals surface area contributed by atoms with Crippen molar-refractivity contribution in [1.29, 1.82) is 0 Å². The van der Waals surface area contributed by atoms with Crippen LogP contribution in [0, 0.1) is 11.6 Å². The van der Waals surface area contributed by atoms with E-state index in [1.807, 2.05) is 0 Å². The molecule has 0 heterocycles. The van der Waals surface area contributed by atoms with Crippen LogP contribution in [-0.4, -0.2) is 22.9 Å². The van der Waals surface area contributed by atoms with Crippen LogP contribution in [0.4, 0.5) is 8.78 Å². The summed E-state index contributed by atoms with van der Waals surface area (Å²) < 4.78 is 29.7. The minimum absolute atomic E-state index is 0.418. The van der Waals surface area contributed by atoms with Crippen LogP contribution in [0.5, 0.6) is 11.5 Å². The van der Waals surface area contributed by atoms with Crippen molar-refractivity contribution in [3.8, 4) is 11.5 Å². The van der Waals surface area contributed by atoms with E-state index in [0.717, 1.165) is 0 Å². The highest BCUT2D eigenvalue weighted by Gasteiger charge is 2.28. The van der Waals surface area contributed by atoms with Gasteiger partial charge in [0.2, 0.25) is 0 Å². The summed E-state index contributed by atoms with van der Waals surface area (Å²) in [6.45, 7) is 0. The molecule has 0 aliphatic heterocycles. The van der Waals surface area contributed by atoms with E-state index in [-0.39, 0.29) is 0 Å². The first-order valence-electron chi connectivity index (χ1n) is 3.53. The molecule has 82 valence electrons. The molecule has 1 rings (SSSR count). The third kappa shape index (κ3) is 2.76. The maximum absolute atomic E-state index is 12.9. The molecule has 15 heavy (non-hydrogen) atoms. The van der Waals surface area contributed by atoms with Crippen molar-refractivity contribution in [2.24, 2.45) is 0 Å². The molecule has 0 saturated carbocycles. The summed E-state index contributed by atoms with van der Waals surface area (Å²) in [5.41, 5.74) is 0. The fourth-order valence-corrected chi connectivity index (χ4v) is 0.822. The first-order chi connectivity index (χ1) is 7.08. The molecule has 6 nitrogen and oxygen atoms in total. The molecule has 0 atom stereocenters. The summed E-state index contributed by atoms with van der Waals surface area (Å²) >= 11 is 0. The minimum Gasteiger partial charge on any atom is -0.504 e. The van der Waals surface area contributed by atoms with Crippen molar-refractivity contribution >= 4 is 7.32 Å². The van der Waals surface area contributed by atoms with Gasteiger partial charge in [0.15, 0.2) is 17.3 Å². The molecular weight excluding hydrogens is 217 g/mol. The molecular formula is C6H5BF2O6. The smallest absolute Gasteiger partial charge is 0.504 e. The van der Waals surface area contributed by atoms with Crippen LogP contribution >= 0.6 is 0 Å². The maximum atomic E-state index is 12.9. The molecule has 0 aliphatic rings. The zero-order valence-electron chi connectivity index (χ0n) is 7.05. The van der Waals surface area contributed by atoms with Gasteiger partial charge in [-0.3, -0.25) is 10.5 Å². The molecule has 0 radical (unpaired) electrons. The molecule has 1 aromatic carbocycles. The third-order valence-corrected chi connectivity index (χ3v) is 1.37. The number of phenolic OH excluding ortho intramolecular Hbond substituents is 1. The number of benzene rings is 1. The molecule has 0 saturated heterocycles. The second-order valence-electron chi connectivity index (χ2n) is 2.35. The van der Waals surface area contributed by atoms with E-state index in [0.29, 0.717) is 12.1 Å². The molecule has 3 N–H and O–H groups in total. The Balaban J connectivity index is 2.94. The van der Waals surface area contributed by atoms with Crippen molar-refractivity contribution in [1.82, 2.24) is 0 Å². The fraction of sp³-hybridized carbons (Fsp3) is 0. The lowest BCUT2D eigenvalue weighted by Crippen LogP contribution is -2.28. The zero-order valence-corrected chi connectivity index (χ0v) is 7.05. The van der Waals surface area contributed by atoms with Crippen molar-refractivity contribution in [2.45, 2.75) is 0 Å². The van der Waals surface area contributed by atoms with Crippen molar-refractivity contribution in [2.75, 3.05) is 0 Å². The highest BCUT2D eigenvalue weighted by Crippen LogP contribution is 2.30. The first kappa shape index (κ1) is 11.7. The number of hydrogen-bond acceptors (Lipinski definition) is 6. The van der Waals surface area contributed by atoms with E-state index < -0.39 is 30.5 Å². The standard InChI is InChI=1S/C6H5BF2O6/c8-3-1-4(9)6(5(10)2-3)13-7(14-11)15-12/h1-2,10-12H. The summed E-state index contributed by atoms with van der Waals surface area (Å²) in [6, 6.07) is 0.977. The Kier molecular flexibility index (Phi) is 3.80. The first-order valence-corrected chi connectivity index (χ1v) is 3.53. The number of halogens is 2. The van der Waals surface area contributed by atoms with Crippen LogP contribution in [0.15, 0.2) is 12.1 Å².